The van der Waals surface area contributed by atoms with Gasteiger partial charge in [0.15, 0.2) is 0 Å². The summed E-state index contributed by atoms with van der Waals surface area (Å²) in [5.74, 6) is 0.104. The Morgan fingerprint density at radius 2 is 1.92 bits per heavy atom. The maximum Gasteiger partial charge on any atom is 0.337 e. The molecule has 1 aromatic heterocycles. The fourth-order valence-electron chi connectivity index (χ4n) is 2.62. The molecule has 1 fully saturated rings. The molecular formula is C17H25N5O3. The lowest BCUT2D eigenvalue weighted by Crippen LogP contribution is -2.18. The zero-order chi connectivity index (χ0) is 18.1. The number of methoxy groups -OCH3 is 1. The second-order valence-corrected chi connectivity index (χ2v) is 5.47. The molecule has 8 heteroatoms. The van der Waals surface area contributed by atoms with E-state index < -0.39 is 0 Å². The van der Waals surface area contributed by atoms with E-state index in [0.29, 0.717) is 11.4 Å². The van der Waals surface area contributed by atoms with E-state index in [1.165, 1.54) is 20.0 Å². The molecule has 0 amide bonds. The molecule has 2 aromatic rings. The number of aromatic nitrogens is 4. The molecule has 0 spiro atoms. The zero-order valence-electron chi connectivity index (χ0n) is 15.0. The maximum absolute atomic E-state index is 11.8. The summed E-state index contributed by atoms with van der Waals surface area (Å²) in [5.41, 5.74) is 2.24. The molecule has 1 N–H and O–H groups in total. The third-order valence-corrected chi connectivity index (χ3v) is 3.82. The van der Waals surface area contributed by atoms with Crippen LogP contribution in [0.1, 0.15) is 37.0 Å². The van der Waals surface area contributed by atoms with Crippen LogP contribution in [0.25, 0.3) is 11.4 Å². The minimum Gasteiger partial charge on any atom is -0.465 e. The van der Waals surface area contributed by atoms with Gasteiger partial charge in [0.25, 0.3) is 0 Å². The highest BCUT2D eigenvalue weighted by Crippen LogP contribution is 2.27. The predicted octanol–water partition coefficient (Wildman–Crippen LogP) is 2.30. The Morgan fingerprint density at radius 3 is 2.44 bits per heavy atom. The molecule has 0 radical (unpaired) electrons. The number of anilines is 1. The summed E-state index contributed by atoms with van der Waals surface area (Å²) in [6.45, 7) is 7.66. The highest BCUT2D eigenvalue weighted by Gasteiger charge is 2.17. The minimum absolute atomic E-state index is 0.365. The molecule has 0 bridgehead atoms. The monoisotopic (exact) mass is 347 g/mol. The molecule has 1 aliphatic rings. The van der Waals surface area contributed by atoms with E-state index in [9.17, 15) is 4.79 Å². The van der Waals surface area contributed by atoms with Gasteiger partial charge in [0.1, 0.15) is 0 Å². The molecule has 0 atom stereocenters. The van der Waals surface area contributed by atoms with Crippen molar-refractivity contribution < 1.29 is 14.3 Å². The first-order chi connectivity index (χ1) is 12.2. The number of carbonyl (C=O) groups is 1. The van der Waals surface area contributed by atoms with Crippen molar-refractivity contribution in [1.82, 2.24) is 20.6 Å². The van der Waals surface area contributed by atoms with Crippen LogP contribution in [0.3, 0.4) is 0 Å². The van der Waals surface area contributed by atoms with Crippen molar-refractivity contribution in [2.24, 2.45) is 0 Å². The molecule has 2 heterocycles. The molecule has 3 rings (SSSR count). The van der Waals surface area contributed by atoms with Crippen molar-refractivity contribution in [3.05, 3.63) is 23.8 Å². The Labute approximate surface area is 147 Å². The number of carbonyl (C=O) groups excluding carboxylic acids is 1. The molecule has 8 nitrogen and oxygen atoms in total. The Morgan fingerprint density at radius 1 is 1.20 bits per heavy atom. The SMILES string of the molecule is CCOCC.COC(=O)c1cc(-c2nn[nH]n2)cc(N2CCCC2)c1. The molecular weight excluding hydrogens is 322 g/mol. The van der Waals surface area contributed by atoms with Gasteiger partial charge in [0.2, 0.25) is 5.82 Å². The fraction of sp³-hybridized carbons (Fsp3) is 0.529. The van der Waals surface area contributed by atoms with Crippen LogP contribution >= 0.6 is 0 Å². The third kappa shape index (κ3) is 5.25. The third-order valence-electron chi connectivity index (χ3n) is 3.82. The van der Waals surface area contributed by atoms with Gasteiger partial charge in [-0.2, -0.15) is 5.21 Å². The smallest absolute Gasteiger partial charge is 0.337 e. The number of aromatic amines is 1. The average molecular weight is 347 g/mol. The standard InChI is InChI=1S/C13H15N5O2.C4H10O/c1-20-13(19)10-6-9(12-14-16-17-15-12)7-11(8-10)18-4-2-3-5-18;1-3-5-4-2/h6-8H,2-5H2,1H3,(H,14,15,16,17);3-4H2,1-2H3. The van der Waals surface area contributed by atoms with Crippen LogP contribution in [-0.2, 0) is 9.47 Å². The summed E-state index contributed by atoms with van der Waals surface area (Å²) in [4.78, 5) is 14.0. The van der Waals surface area contributed by atoms with Gasteiger partial charge in [-0.05, 0) is 50.1 Å². The van der Waals surface area contributed by atoms with E-state index >= 15 is 0 Å². The number of hydrogen-bond acceptors (Lipinski definition) is 7. The number of nitrogens with one attached hydrogen (secondary N) is 1. The summed E-state index contributed by atoms with van der Waals surface area (Å²) < 4.78 is 9.64. The number of H-pyrrole nitrogens is 1. The molecule has 1 aliphatic heterocycles. The molecule has 0 unspecified atom stereocenters. The Kier molecular flexibility index (Phi) is 7.34. The second kappa shape index (κ2) is 9.73. The van der Waals surface area contributed by atoms with Gasteiger partial charge >= 0.3 is 5.97 Å². The van der Waals surface area contributed by atoms with Crippen LogP contribution in [0.2, 0.25) is 0 Å². The molecule has 1 saturated heterocycles. The summed E-state index contributed by atoms with van der Waals surface area (Å²) in [6.07, 6.45) is 2.33. The van der Waals surface area contributed by atoms with Crippen molar-refractivity contribution in [3.63, 3.8) is 0 Å². The highest BCUT2D eigenvalue weighted by molar-refractivity contribution is 5.92. The van der Waals surface area contributed by atoms with Gasteiger partial charge in [-0.25, -0.2) is 4.79 Å². The summed E-state index contributed by atoms with van der Waals surface area (Å²) in [5, 5.41) is 13.9. The minimum atomic E-state index is -0.365. The lowest BCUT2D eigenvalue weighted by molar-refractivity contribution is 0.0601. The van der Waals surface area contributed by atoms with Crippen LogP contribution in [0, 0.1) is 0 Å². The van der Waals surface area contributed by atoms with Crippen molar-refractivity contribution in [3.8, 4) is 11.4 Å². The topological polar surface area (TPSA) is 93.2 Å². The van der Waals surface area contributed by atoms with Gasteiger partial charge in [-0.15, -0.1) is 10.2 Å². The quantitative estimate of drug-likeness (QED) is 0.829. The van der Waals surface area contributed by atoms with Crippen LogP contribution in [0.5, 0.6) is 0 Å². The van der Waals surface area contributed by atoms with Crippen molar-refractivity contribution in [1.29, 1.82) is 0 Å². The van der Waals surface area contributed by atoms with Crippen molar-refractivity contribution >= 4 is 11.7 Å². The molecule has 0 aliphatic carbocycles. The van der Waals surface area contributed by atoms with E-state index in [0.717, 1.165) is 37.6 Å². The van der Waals surface area contributed by atoms with Crippen LogP contribution < -0.4 is 4.90 Å². The number of ether oxygens (including phenoxy) is 2. The summed E-state index contributed by atoms with van der Waals surface area (Å²) in [7, 11) is 1.37. The fourth-order valence-corrected chi connectivity index (χ4v) is 2.62. The van der Waals surface area contributed by atoms with Gasteiger partial charge in [0.05, 0.1) is 12.7 Å². The molecule has 136 valence electrons. The highest BCUT2D eigenvalue weighted by atomic mass is 16.5. The van der Waals surface area contributed by atoms with E-state index in [4.69, 9.17) is 9.47 Å². The van der Waals surface area contributed by atoms with E-state index in [1.54, 1.807) is 6.07 Å². The number of rotatable bonds is 5. The first-order valence-corrected chi connectivity index (χ1v) is 8.49. The summed E-state index contributed by atoms with van der Waals surface area (Å²) in [6, 6.07) is 5.54. The van der Waals surface area contributed by atoms with Crippen LogP contribution in [0.15, 0.2) is 18.2 Å². The van der Waals surface area contributed by atoms with Crippen LogP contribution in [-0.4, -0.2) is 60.0 Å². The number of tetrazole rings is 1. The predicted molar refractivity (Wildman–Crippen MR) is 94.6 cm³/mol. The van der Waals surface area contributed by atoms with Gasteiger partial charge in [-0.3, -0.25) is 0 Å². The van der Waals surface area contributed by atoms with E-state index in [-0.39, 0.29) is 5.97 Å². The van der Waals surface area contributed by atoms with Crippen molar-refractivity contribution in [2.75, 3.05) is 38.3 Å². The lowest BCUT2D eigenvalue weighted by atomic mass is 10.1. The van der Waals surface area contributed by atoms with E-state index in [2.05, 4.69) is 25.5 Å². The second-order valence-electron chi connectivity index (χ2n) is 5.47. The average Bonchev–Trinajstić information content (AvgIpc) is 3.35. The maximum atomic E-state index is 11.8. The van der Waals surface area contributed by atoms with Crippen LogP contribution in [0.4, 0.5) is 5.69 Å². The van der Waals surface area contributed by atoms with Crippen molar-refractivity contribution in [2.45, 2.75) is 26.7 Å². The first kappa shape index (κ1) is 18.9. The Balaban J connectivity index is 0.000000399. The number of hydrogen-bond donors (Lipinski definition) is 1. The molecule has 25 heavy (non-hydrogen) atoms. The Bertz CT molecular complexity index is 652. The first-order valence-electron chi connectivity index (χ1n) is 8.49. The number of nitrogens with zero attached hydrogens (tertiary/aromatic N) is 4. The van der Waals surface area contributed by atoms with Gasteiger partial charge < -0.3 is 14.4 Å². The molecule has 0 saturated carbocycles. The Hall–Kier alpha value is -2.48. The van der Waals surface area contributed by atoms with Gasteiger partial charge in [0, 0.05) is 37.6 Å². The van der Waals surface area contributed by atoms with Gasteiger partial charge in [-0.1, -0.05) is 0 Å². The number of esters is 1. The normalized spacial score (nSPS) is 13.3. The largest absolute Gasteiger partial charge is 0.465 e. The summed E-state index contributed by atoms with van der Waals surface area (Å²) >= 11 is 0. The lowest BCUT2D eigenvalue weighted by Gasteiger charge is -2.19. The number of benzene rings is 1. The van der Waals surface area contributed by atoms with E-state index in [1.807, 2.05) is 26.0 Å². The molecule has 1 aromatic carbocycles. The zero-order valence-corrected chi connectivity index (χ0v) is 15.0.